The summed E-state index contributed by atoms with van der Waals surface area (Å²) in [5, 5.41) is 6.80. The first-order valence-electron chi connectivity index (χ1n) is 17.7. The number of guanidine groups is 1. The molecule has 5 rings (SSSR count). The van der Waals surface area contributed by atoms with E-state index < -0.39 is 75.2 Å². The predicted octanol–water partition coefficient (Wildman–Crippen LogP) is 7.91. The van der Waals surface area contributed by atoms with Crippen LogP contribution in [0.25, 0.3) is 16.8 Å². The summed E-state index contributed by atoms with van der Waals surface area (Å²) in [6, 6.07) is 12.7. The molecule has 1 heterocycles. The summed E-state index contributed by atoms with van der Waals surface area (Å²) in [5.41, 5.74) is 3.54. The maximum Gasteiger partial charge on any atom is 0.306 e. The lowest BCUT2D eigenvalue weighted by Gasteiger charge is -2.36. The van der Waals surface area contributed by atoms with E-state index in [9.17, 15) is 35.6 Å². The van der Waals surface area contributed by atoms with Crippen LogP contribution >= 0.6 is 11.6 Å². The molecule has 4 aromatic rings. The van der Waals surface area contributed by atoms with E-state index in [2.05, 4.69) is 20.4 Å². The number of ether oxygens (including phenoxy) is 1. The second-order valence-corrected chi connectivity index (χ2v) is 18.0. The van der Waals surface area contributed by atoms with Crippen molar-refractivity contribution in [1.29, 1.82) is 0 Å². The highest BCUT2D eigenvalue weighted by molar-refractivity contribution is 7.90. The Bertz CT molecular complexity index is 2270. The minimum absolute atomic E-state index is 0.000198. The molecule has 0 bridgehead atoms. The van der Waals surface area contributed by atoms with Crippen LogP contribution in [0.4, 0.5) is 22.0 Å². The van der Waals surface area contributed by atoms with E-state index in [0.29, 0.717) is 11.8 Å². The molecule has 1 aliphatic rings. The largest absolute Gasteiger partial charge is 0.463 e. The van der Waals surface area contributed by atoms with Crippen molar-refractivity contribution in [2.24, 2.45) is 21.6 Å². The average molecular weight is 837 g/mol. The average Bonchev–Trinajstić information content (AvgIpc) is 3.74. The lowest BCUT2D eigenvalue weighted by atomic mass is 9.76. The van der Waals surface area contributed by atoms with Crippen LogP contribution in [0, 0.1) is 16.6 Å². The van der Waals surface area contributed by atoms with Crippen LogP contribution in [0.2, 0.25) is 5.02 Å². The van der Waals surface area contributed by atoms with E-state index in [1.165, 1.54) is 54.6 Å². The number of aldehydes is 1. The Hall–Kier alpha value is -4.90. The molecule has 1 aliphatic carbocycles. The molecule has 0 amide bonds. The quantitative estimate of drug-likeness (QED) is 0.0399. The molecule has 1 aromatic heterocycles. The van der Waals surface area contributed by atoms with Crippen LogP contribution in [0.1, 0.15) is 82.8 Å². The number of hydrogen-bond acceptors (Lipinski definition) is 8. The number of nitrogens with one attached hydrogen (secondary N) is 1. The number of sulfone groups is 1. The number of alkyl halides is 4. The predicted molar refractivity (Wildman–Crippen MR) is 203 cm³/mol. The summed E-state index contributed by atoms with van der Waals surface area (Å²) in [6.45, 7) is 5.72. The zero-order valence-electron chi connectivity index (χ0n) is 31.7. The monoisotopic (exact) mass is 836 g/mol. The van der Waals surface area contributed by atoms with E-state index in [-0.39, 0.29) is 57.5 Å². The minimum atomic E-state index is -3.49. The summed E-state index contributed by atoms with van der Waals surface area (Å²) in [5.74, 6) is -5.87. The number of benzene rings is 3. The molecule has 2 atom stereocenters. The summed E-state index contributed by atoms with van der Waals surface area (Å²) >= 11 is 6.39. The van der Waals surface area contributed by atoms with Gasteiger partial charge in [0.05, 0.1) is 22.0 Å². The van der Waals surface area contributed by atoms with Crippen molar-refractivity contribution in [3.05, 3.63) is 94.8 Å². The van der Waals surface area contributed by atoms with Crippen molar-refractivity contribution >= 4 is 39.7 Å². The van der Waals surface area contributed by atoms with Gasteiger partial charge in [0, 0.05) is 17.2 Å². The normalized spacial score (nSPS) is 16.2. The Morgan fingerprint density at radius 3 is 2.30 bits per heavy atom. The van der Waals surface area contributed by atoms with E-state index in [1.54, 1.807) is 0 Å². The molecular formula is C39H42ClF5N6O5S. The fraction of sp³-hybridized carbons (Fsp3) is 0.410. The van der Waals surface area contributed by atoms with Crippen LogP contribution in [0.15, 0.2) is 76.9 Å². The van der Waals surface area contributed by atoms with Gasteiger partial charge in [0.15, 0.2) is 21.6 Å². The summed E-state index contributed by atoms with van der Waals surface area (Å²) in [6.07, 6.45) is -0.733. The van der Waals surface area contributed by atoms with Gasteiger partial charge in [0.2, 0.25) is 0 Å². The number of rotatable bonds is 15. The maximum absolute atomic E-state index is 15.9. The summed E-state index contributed by atoms with van der Waals surface area (Å²) < 4.78 is 102. The van der Waals surface area contributed by atoms with Crippen LogP contribution in [-0.4, -0.2) is 60.2 Å². The first kappa shape index (κ1) is 43.2. The zero-order valence-corrected chi connectivity index (χ0v) is 33.3. The Morgan fingerprint density at radius 2 is 1.75 bits per heavy atom. The molecule has 57 heavy (non-hydrogen) atoms. The van der Waals surface area contributed by atoms with Crippen LogP contribution in [-0.2, 0) is 29.7 Å². The van der Waals surface area contributed by atoms with Gasteiger partial charge in [-0.05, 0) is 78.6 Å². The highest BCUT2D eigenvalue weighted by Gasteiger charge is 2.60. The first-order chi connectivity index (χ1) is 26.5. The summed E-state index contributed by atoms with van der Waals surface area (Å²) in [7, 11) is -3.49. The van der Waals surface area contributed by atoms with Crippen LogP contribution in [0.5, 0.6) is 0 Å². The van der Waals surface area contributed by atoms with Crippen LogP contribution < -0.4 is 11.1 Å². The molecule has 0 aliphatic heterocycles. The molecular weight excluding hydrogens is 795 g/mol. The third kappa shape index (κ3) is 9.98. The Labute approximate surface area is 331 Å². The highest BCUT2D eigenvalue weighted by Crippen LogP contribution is 2.59. The zero-order chi connectivity index (χ0) is 42.1. The third-order valence-electron chi connectivity index (χ3n) is 9.76. The van der Waals surface area contributed by atoms with Gasteiger partial charge < -0.3 is 20.6 Å². The van der Waals surface area contributed by atoms with Crippen molar-refractivity contribution in [2.75, 3.05) is 12.9 Å². The first-order valence-corrected chi connectivity index (χ1v) is 19.9. The molecule has 11 nitrogen and oxygen atoms in total. The molecule has 0 spiro atoms. The van der Waals surface area contributed by atoms with Gasteiger partial charge in [-0.25, -0.2) is 45.0 Å². The molecule has 18 heteroatoms. The minimum Gasteiger partial charge on any atom is -0.463 e. The molecule has 1 saturated carbocycles. The number of halogens is 6. The number of aliphatic imine (C=N–C) groups is 1. The number of aromatic nitrogens is 3. The molecule has 0 unspecified atom stereocenters. The molecule has 0 radical (unpaired) electrons. The Morgan fingerprint density at radius 1 is 1.09 bits per heavy atom. The van der Waals surface area contributed by atoms with Gasteiger partial charge in [-0.1, -0.05) is 62.7 Å². The van der Waals surface area contributed by atoms with Crippen molar-refractivity contribution in [3.8, 4) is 16.8 Å². The van der Waals surface area contributed by atoms with Gasteiger partial charge in [-0.2, -0.15) is 5.10 Å². The number of nitrogens with two attached hydrogens (primary N) is 1. The molecule has 0 saturated heterocycles. The molecule has 306 valence electrons. The van der Waals surface area contributed by atoms with Gasteiger partial charge in [0.1, 0.15) is 36.6 Å². The van der Waals surface area contributed by atoms with Crippen molar-refractivity contribution in [2.45, 2.75) is 82.2 Å². The summed E-state index contributed by atoms with van der Waals surface area (Å²) in [4.78, 5) is 34.3. The third-order valence-corrected chi connectivity index (χ3v) is 11.2. The molecule has 1 fully saturated rings. The lowest BCUT2D eigenvalue weighted by Crippen LogP contribution is -2.52. The number of esters is 1. The topological polar surface area (TPSA) is 159 Å². The van der Waals surface area contributed by atoms with Gasteiger partial charge in [0.25, 0.3) is 12.3 Å². The van der Waals surface area contributed by atoms with Gasteiger partial charge in [-0.15, -0.1) is 0 Å². The number of hydrogen-bond donors (Lipinski definition) is 2. The van der Waals surface area contributed by atoms with E-state index in [1.807, 2.05) is 20.8 Å². The van der Waals surface area contributed by atoms with E-state index in [0.717, 1.165) is 30.3 Å². The maximum atomic E-state index is 15.9. The van der Waals surface area contributed by atoms with Gasteiger partial charge >= 0.3 is 5.97 Å². The van der Waals surface area contributed by atoms with E-state index >= 15 is 4.39 Å². The van der Waals surface area contributed by atoms with Crippen LogP contribution in [0.3, 0.4) is 0 Å². The Balaban J connectivity index is 1.53. The lowest BCUT2D eigenvalue weighted by molar-refractivity contribution is -0.151. The van der Waals surface area contributed by atoms with Crippen molar-refractivity contribution in [1.82, 2.24) is 20.1 Å². The van der Waals surface area contributed by atoms with E-state index in [4.69, 9.17) is 22.1 Å². The second-order valence-electron chi connectivity index (χ2n) is 15.5. The SMILES string of the molecule is CC(C)(C)C[C@@](C=O)(NC(N)=N[C@H](COC(=O)CC1(C(C)(F)F)CC1)c1ccc(Cl)c(-n2ncnc2C(F)F)c1)c1ccc(-c2ccc(S(C)(=O)=O)cc2)c(F)c1. The fourth-order valence-electron chi connectivity index (χ4n) is 6.64. The number of nitrogens with zero attached hydrogens (tertiary/aromatic N) is 4. The smallest absolute Gasteiger partial charge is 0.306 e. The Kier molecular flexibility index (Phi) is 12.3. The number of carbonyl (C=O) groups excluding carboxylic acids is 2. The highest BCUT2D eigenvalue weighted by atomic mass is 35.5. The fourth-order valence-corrected chi connectivity index (χ4v) is 7.47. The van der Waals surface area contributed by atoms with Gasteiger partial charge in [-0.3, -0.25) is 4.79 Å². The molecule has 3 aromatic carbocycles. The van der Waals surface area contributed by atoms with Crippen molar-refractivity contribution < 1.29 is 44.7 Å². The molecule has 3 N–H and O–H groups in total. The van der Waals surface area contributed by atoms with Crippen molar-refractivity contribution in [3.63, 3.8) is 0 Å². The standard InChI is InChI=1S/C39H42ClF5N6O5S/c1-36(2,3)20-39(21-52,25-9-12-27(29(41)17-25)23-6-10-26(11-7-23)57(5,54)55)50-35(46)49-30(19-56-32(53)18-38(14-15-38)37(4,44)45)24-8-13-28(40)31(16-24)51-34(33(42)43)47-22-48-51/h6-13,16-17,21-22,30,33H,14-15,18-20H2,1-5H3,(H3,46,49,50)/t30-,39+/m1/s1. The second kappa shape index (κ2) is 16.2. The number of carbonyl (C=O) groups is 2.